The molecule has 1 unspecified atom stereocenters. The van der Waals surface area contributed by atoms with Gasteiger partial charge in [-0.2, -0.15) is 18.3 Å². The summed E-state index contributed by atoms with van der Waals surface area (Å²) in [6.45, 7) is 7.40. The van der Waals surface area contributed by atoms with Crippen molar-refractivity contribution in [1.29, 1.82) is 0 Å². The molecule has 0 fully saturated rings. The number of unbranched alkanes of at least 4 members (excludes halogenated alkanes) is 1. The highest BCUT2D eigenvalue weighted by Crippen LogP contribution is 2.32. The molecule has 9 nitrogen and oxygen atoms in total. The van der Waals surface area contributed by atoms with Gasteiger partial charge in [0.05, 0.1) is 23.8 Å². The van der Waals surface area contributed by atoms with Crippen molar-refractivity contribution in [2.24, 2.45) is 5.41 Å². The summed E-state index contributed by atoms with van der Waals surface area (Å²) in [7, 11) is 0. The van der Waals surface area contributed by atoms with Gasteiger partial charge in [0.15, 0.2) is 0 Å². The zero-order valence-corrected chi connectivity index (χ0v) is 23.4. The molecule has 0 aliphatic heterocycles. The minimum absolute atomic E-state index is 0.0359. The molecule has 220 valence electrons. The summed E-state index contributed by atoms with van der Waals surface area (Å²) in [5.41, 5.74) is -0.607. The van der Waals surface area contributed by atoms with Crippen molar-refractivity contribution < 1.29 is 32.7 Å². The summed E-state index contributed by atoms with van der Waals surface area (Å²) in [4.78, 5) is 44.1. The smallest absolute Gasteiger partial charge is 0.416 e. The second-order valence-electron chi connectivity index (χ2n) is 10.8. The lowest BCUT2D eigenvalue weighted by Crippen LogP contribution is -2.57. The molecular formula is C29H34F3N5O4. The van der Waals surface area contributed by atoms with Gasteiger partial charge in [0.2, 0.25) is 5.78 Å². The van der Waals surface area contributed by atoms with Crippen molar-refractivity contribution in [3.05, 3.63) is 66.5 Å². The number of amides is 2. The Morgan fingerprint density at radius 1 is 1.05 bits per heavy atom. The van der Waals surface area contributed by atoms with Crippen LogP contribution in [0.3, 0.4) is 0 Å². The van der Waals surface area contributed by atoms with Gasteiger partial charge in [0.25, 0.3) is 5.91 Å². The van der Waals surface area contributed by atoms with Crippen LogP contribution in [-0.4, -0.2) is 54.6 Å². The van der Waals surface area contributed by atoms with E-state index in [1.54, 1.807) is 24.4 Å². The molecule has 12 heteroatoms. The fourth-order valence-electron chi connectivity index (χ4n) is 4.45. The molecule has 2 amide bonds. The van der Waals surface area contributed by atoms with Crippen molar-refractivity contribution in [3.8, 4) is 11.3 Å². The Labute approximate surface area is 236 Å². The molecule has 1 aromatic carbocycles. The van der Waals surface area contributed by atoms with Gasteiger partial charge in [-0.05, 0) is 42.2 Å². The lowest BCUT2D eigenvalue weighted by molar-refractivity contribution is -0.139. The number of pyridine rings is 1. The van der Waals surface area contributed by atoms with E-state index < -0.39 is 47.0 Å². The summed E-state index contributed by atoms with van der Waals surface area (Å²) >= 11 is 0. The molecule has 41 heavy (non-hydrogen) atoms. The van der Waals surface area contributed by atoms with E-state index in [-0.39, 0.29) is 18.8 Å². The second kappa shape index (κ2) is 13.0. The predicted molar refractivity (Wildman–Crippen MR) is 147 cm³/mol. The van der Waals surface area contributed by atoms with Crippen molar-refractivity contribution >= 4 is 23.6 Å². The Bertz CT molecular complexity index is 1330. The molecule has 0 aliphatic carbocycles. The monoisotopic (exact) mass is 573 g/mol. The number of ketones is 1. The second-order valence-corrected chi connectivity index (χ2v) is 10.8. The number of anilines is 1. The van der Waals surface area contributed by atoms with Crippen LogP contribution in [-0.2, 0) is 22.3 Å². The van der Waals surface area contributed by atoms with Gasteiger partial charge >= 0.3 is 12.3 Å². The number of carboxylic acid groups (broad SMARTS) is 1. The highest BCUT2D eigenvalue weighted by Gasteiger charge is 2.42. The minimum atomic E-state index is -4.46. The van der Waals surface area contributed by atoms with Crippen LogP contribution >= 0.6 is 0 Å². The maximum atomic E-state index is 13.4. The fourth-order valence-corrected chi connectivity index (χ4v) is 4.45. The lowest BCUT2D eigenvalue weighted by atomic mass is 9.84. The Hall–Kier alpha value is -4.22. The number of carbonyl (C=O) groups is 3. The predicted octanol–water partition coefficient (Wildman–Crippen LogP) is 6.13. The van der Waals surface area contributed by atoms with Gasteiger partial charge in [0, 0.05) is 18.0 Å². The van der Waals surface area contributed by atoms with Crippen LogP contribution in [0.25, 0.3) is 11.3 Å². The number of benzene rings is 1. The maximum Gasteiger partial charge on any atom is 0.416 e. The molecule has 0 saturated heterocycles. The first-order chi connectivity index (χ1) is 19.2. The van der Waals surface area contributed by atoms with E-state index in [9.17, 15) is 32.7 Å². The molecule has 3 rings (SSSR count). The van der Waals surface area contributed by atoms with E-state index in [2.05, 4.69) is 15.4 Å². The van der Waals surface area contributed by atoms with E-state index in [0.717, 1.165) is 17.0 Å². The van der Waals surface area contributed by atoms with Crippen LogP contribution in [0.1, 0.15) is 52.5 Å². The van der Waals surface area contributed by atoms with Gasteiger partial charge in [-0.15, -0.1) is 0 Å². The number of carbonyl (C=O) groups excluding carboxylic acids is 2. The number of rotatable bonds is 11. The average Bonchev–Trinajstić information content (AvgIpc) is 3.38. The van der Waals surface area contributed by atoms with Crippen LogP contribution in [0.4, 0.5) is 23.8 Å². The Morgan fingerprint density at radius 2 is 1.73 bits per heavy atom. The maximum absolute atomic E-state index is 13.4. The van der Waals surface area contributed by atoms with Crippen LogP contribution in [0.2, 0.25) is 0 Å². The van der Waals surface area contributed by atoms with Crippen LogP contribution in [0.5, 0.6) is 0 Å². The zero-order chi connectivity index (χ0) is 30.4. The van der Waals surface area contributed by atoms with Gasteiger partial charge < -0.3 is 10.4 Å². The summed E-state index contributed by atoms with van der Waals surface area (Å²) in [5, 5.41) is 17.3. The Kier molecular flexibility index (Phi) is 9.90. The first-order valence-corrected chi connectivity index (χ1v) is 13.2. The molecule has 3 aromatic rings. The van der Waals surface area contributed by atoms with Gasteiger partial charge in [0.1, 0.15) is 11.9 Å². The summed E-state index contributed by atoms with van der Waals surface area (Å²) in [5.74, 6) is -1.69. The normalized spacial score (nSPS) is 13.3. The van der Waals surface area contributed by atoms with Crippen molar-refractivity contribution in [2.75, 3.05) is 5.32 Å². The highest BCUT2D eigenvalue weighted by atomic mass is 19.4. The number of hydrogen-bond acceptors (Lipinski definition) is 5. The van der Waals surface area contributed by atoms with E-state index in [4.69, 9.17) is 0 Å². The fraction of sp³-hybridized carbons (Fsp3) is 0.414. The molecule has 0 radical (unpaired) electrons. The van der Waals surface area contributed by atoms with Crippen molar-refractivity contribution in [1.82, 2.24) is 19.7 Å². The number of nitrogens with zero attached hydrogens (tertiary/aromatic N) is 4. The van der Waals surface area contributed by atoms with Crippen molar-refractivity contribution in [2.45, 2.75) is 71.8 Å². The third-order valence-corrected chi connectivity index (χ3v) is 6.66. The third kappa shape index (κ3) is 8.15. The van der Waals surface area contributed by atoms with Crippen molar-refractivity contribution in [3.63, 3.8) is 0 Å². The zero-order valence-electron chi connectivity index (χ0n) is 23.4. The largest absolute Gasteiger partial charge is 0.465 e. The topological polar surface area (TPSA) is 117 Å². The van der Waals surface area contributed by atoms with E-state index >= 15 is 0 Å². The first-order valence-electron chi connectivity index (χ1n) is 13.2. The average molecular weight is 574 g/mol. The molecule has 2 atom stereocenters. The number of aromatic nitrogens is 3. The van der Waals surface area contributed by atoms with Gasteiger partial charge in [-0.3, -0.25) is 19.2 Å². The molecule has 2 N–H and O–H groups in total. The quantitative estimate of drug-likeness (QED) is 0.267. The third-order valence-electron chi connectivity index (χ3n) is 6.66. The molecular weight excluding hydrogens is 539 g/mol. The number of Topliss-reactive ketones (excluding diaryl/α,β-unsaturated/α-hetero) is 1. The van der Waals surface area contributed by atoms with Crippen LogP contribution in [0.15, 0.2) is 60.9 Å². The summed E-state index contributed by atoms with van der Waals surface area (Å²) < 4.78 is 40.4. The van der Waals surface area contributed by atoms with Gasteiger partial charge in [-0.25, -0.2) is 9.78 Å². The molecule has 2 aromatic heterocycles. The number of halogens is 3. The Balaban J connectivity index is 1.91. The van der Waals surface area contributed by atoms with Crippen LogP contribution in [0, 0.1) is 5.41 Å². The lowest BCUT2D eigenvalue weighted by Gasteiger charge is -2.42. The summed E-state index contributed by atoms with van der Waals surface area (Å²) in [6.07, 6.45) is -1.44. The SMILES string of the molecule is CCCC[C@@H](C(=O)C(=O)Nc1ccccn1)N(C(=O)O)C(Cn1ccc(-c2ccc(C(F)(F)F)cc2)n1)C(C)(C)C. The van der Waals surface area contributed by atoms with E-state index in [0.29, 0.717) is 24.1 Å². The standard InChI is InChI=1S/C29H34F3N5O4/c1-5-6-9-22(25(38)26(39)34-24-10-7-8-16-33-24)37(27(40)41)23(28(2,3)4)18-36-17-15-21(35-36)19-11-13-20(14-12-19)29(30,31)32/h7-8,10-17,22-23H,5-6,9,18H2,1-4H3,(H,40,41)(H,33,34,39)/t22-,23?/m0/s1. The van der Waals surface area contributed by atoms with E-state index in [1.807, 2.05) is 27.7 Å². The van der Waals surface area contributed by atoms with Crippen LogP contribution < -0.4 is 5.32 Å². The number of hydrogen-bond donors (Lipinski definition) is 2. The molecule has 0 aliphatic rings. The molecule has 0 spiro atoms. The van der Waals surface area contributed by atoms with E-state index in [1.165, 1.54) is 29.1 Å². The number of nitrogens with one attached hydrogen (secondary N) is 1. The summed E-state index contributed by atoms with van der Waals surface area (Å²) in [6, 6.07) is 8.96. The Morgan fingerprint density at radius 3 is 2.27 bits per heavy atom. The molecule has 0 bridgehead atoms. The number of alkyl halides is 3. The molecule has 0 saturated carbocycles. The first kappa shape index (κ1) is 31.3. The highest BCUT2D eigenvalue weighted by molar-refractivity contribution is 6.42. The molecule has 2 heterocycles. The minimum Gasteiger partial charge on any atom is -0.465 e. The van der Waals surface area contributed by atoms with Gasteiger partial charge in [-0.1, -0.05) is 58.7 Å².